The summed E-state index contributed by atoms with van der Waals surface area (Å²) in [5, 5.41) is 13.0. The average Bonchev–Trinajstić information content (AvgIpc) is 3.29. The van der Waals surface area contributed by atoms with Gasteiger partial charge in [0.2, 0.25) is 5.91 Å². The second kappa shape index (κ2) is 5.92. The minimum atomic E-state index is -1.07. The Kier molecular flexibility index (Phi) is 4.13. The molecule has 2 fully saturated rings. The lowest BCUT2D eigenvalue weighted by molar-refractivity contribution is -0.149. The molecule has 1 aromatic carbocycles. The van der Waals surface area contributed by atoms with E-state index >= 15 is 0 Å². The Hall–Kier alpha value is -1.55. The van der Waals surface area contributed by atoms with Crippen LogP contribution >= 0.6 is 11.6 Å². The number of carboxylic acid groups (broad SMARTS) is 1. The van der Waals surface area contributed by atoms with Crippen LogP contribution < -0.4 is 5.32 Å². The molecule has 0 saturated heterocycles. The number of rotatable bonds is 4. The quantitative estimate of drug-likeness (QED) is 0.893. The lowest BCUT2D eigenvalue weighted by atomic mass is 9.81. The van der Waals surface area contributed by atoms with Crippen molar-refractivity contribution >= 4 is 23.5 Å². The molecule has 22 heavy (non-hydrogen) atoms. The Morgan fingerprint density at radius 1 is 1.18 bits per heavy atom. The number of amides is 1. The van der Waals surface area contributed by atoms with Gasteiger partial charge in [0.05, 0.1) is 0 Å². The number of hydrogen-bond acceptors (Lipinski definition) is 2. The van der Waals surface area contributed by atoms with Gasteiger partial charge < -0.3 is 10.4 Å². The molecule has 0 heterocycles. The summed E-state index contributed by atoms with van der Waals surface area (Å²) in [5.41, 5.74) is -0.0829. The van der Waals surface area contributed by atoms with Crippen LogP contribution in [0.1, 0.15) is 50.0 Å². The number of benzene rings is 1. The largest absolute Gasteiger partial charge is 0.480 e. The van der Waals surface area contributed by atoms with Crippen LogP contribution in [0.25, 0.3) is 0 Å². The van der Waals surface area contributed by atoms with E-state index in [0.717, 1.165) is 31.2 Å². The predicted molar refractivity (Wildman–Crippen MR) is 83.9 cm³/mol. The molecular formula is C17H20ClNO3. The average molecular weight is 322 g/mol. The first-order valence-electron chi connectivity index (χ1n) is 7.83. The summed E-state index contributed by atoms with van der Waals surface area (Å²) in [6.45, 7) is 0. The van der Waals surface area contributed by atoms with Crippen LogP contribution in [0.2, 0.25) is 5.02 Å². The van der Waals surface area contributed by atoms with Gasteiger partial charge in [-0.1, -0.05) is 49.1 Å². The lowest BCUT2D eigenvalue weighted by Gasteiger charge is -2.34. The maximum atomic E-state index is 12.5. The number of halogens is 1. The van der Waals surface area contributed by atoms with Crippen LogP contribution in [0.3, 0.4) is 0 Å². The Labute approximate surface area is 134 Å². The molecule has 118 valence electrons. The third kappa shape index (κ3) is 2.84. The molecule has 2 unspecified atom stereocenters. The Morgan fingerprint density at radius 2 is 1.86 bits per heavy atom. The van der Waals surface area contributed by atoms with Gasteiger partial charge in [-0.15, -0.1) is 0 Å². The van der Waals surface area contributed by atoms with Gasteiger partial charge in [0.25, 0.3) is 0 Å². The minimum absolute atomic E-state index is 0.114. The third-order valence-corrected chi connectivity index (χ3v) is 5.26. The molecule has 2 saturated carbocycles. The van der Waals surface area contributed by atoms with Gasteiger partial charge in [-0.3, -0.25) is 4.79 Å². The van der Waals surface area contributed by atoms with Crippen molar-refractivity contribution in [3.05, 3.63) is 34.9 Å². The minimum Gasteiger partial charge on any atom is -0.480 e. The molecule has 4 nitrogen and oxygen atoms in total. The van der Waals surface area contributed by atoms with Gasteiger partial charge in [0, 0.05) is 10.9 Å². The molecule has 1 aromatic rings. The molecule has 2 aliphatic rings. The van der Waals surface area contributed by atoms with E-state index in [0.29, 0.717) is 17.9 Å². The number of carboxylic acids is 1. The molecule has 2 atom stereocenters. The summed E-state index contributed by atoms with van der Waals surface area (Å²) < 4.78 is 0. The number of nitrogens with one attached hydrogen (secondary N) is 1. The molecule has 5 heteroatoms. The first-order valence-corrected chi connectivity index (χ1v) is 8.21. The Balaban J connectivity index is 1.68. The molecule has 1 amide bonds. The second-order valence-corrected chi connectivity index (χ2v) is 6.81. The van der Waals surface area contributed by atoms with Crippen molar-refractivity contribution in [1.29, 1.82) is 0 Å². The van der Waals surface area contributed by atoms with Gasteiger partial charge in [-0.05, 0) is 36.8 Å². The third-order valence-electron chi connectivity index (χ3n) is 4.91. The SMILES string of the molecule is O=C(NC1(C(=O)O)CCCCC1)C1CC1c1ccccc1Cl. The summed E-state index contributed by atoms with van der Waals surface area (Å²) in [6, 6.07) is 7.54. The van der Waals surface area contributed by atoms with Gasteiger partial charge in [0.15, 0.2) is 0 Å². The highest BCUT2D eigenvalue weighted by molar-refractivity contribution is 6.31. The van der Waals surface area contributed by atoms with E-state index in [1.54, 1.807) is 0 Å². The van der Waals surface area contributed by atoms with E-state index in [-0.39, 0.29) is 17.7 Å². The fourth-order valence-corrected chi connectivity index (χ4v) is 3.76. The van der Waals surface area contributed by atoms with Crippen molar-refractivity contribution in [2.45, 2.75) is 50.0 Å². The molecule has 0 aromatic heterocycles. The molecule has 0 spiro atoms. The fourth-order valence-electron chi connectivity index (χ4n) is 3.48. The predicted octanol–water partition coefficient (Wildman–Crippen LogP) is 3.35. The van der Waals surface area contributed by atoms with Gasteiger partial charge in [-0.2, -0.15) is 0 Å². The fraction of sp³-hybridized carbons (Fsp3) is 0.529. The highest BCUT2D eigenvalue weighted by Gasteiger charge is 2.49. The van der Waals surface area contributed by atoms with Gasteiger partial charge >= 0.3 is 5.97 Å². The van der Waals surface area contributed by atoms with E-state index in [9.17, 15) is 14.7 Å². The topological polar surface area (TPSA) is 66.4 Å². The monoisotopic (exact) mass is 321 g/mol. The van der Waals surface area contributed by atoms with Crippen molar-refractivity contribution in [1.82, 2.24) is 5.32 Å². The van der Waals surface area contributed by atoms with Gasteiger partial charge in [-0.25, -0.2) is 4.79 Å². The van der Waals surface area contributed by atoms with Crippen molar-refractivity contribution in [2.75, 3.05) is 0 Å². The smallest absolute Gasteiger partial charge is 0.329 e. The lowest BCUT2D eigenvalue weighted by Crippen LogP contribution is -2.56. The Morgan fingerprint density at radius 3 is 2.50 bits per heavy atom. The van der Waals surface area contributed by atoms with E-state index in [2.05, 4.69) is 5.32 Å². The molecular weight excluding hydrogens is 302 g/mol. The van der Waals surface area contributed by atoms with E-state index in [1.807, 2.05) is 24.3 Å². The summed E-state index contributed by atoms with van der Waals surface area (Å²) in [5.74, 6) is -1.09. The zero-order valence-electron chi connectivity index (χ0n) is 12.3. The maximum Gasteiger partial charge on any atom is 0.329 e. The summed E-state index contributed by atoms with van der Waals surface area (Å²) >= 11 is 6.17. The van der Waals surface area contributed by atoms with E-state index in [4.69, 9.17) is 11.6 Å². The first-order chi connectivity index (χ1) is 10.5. The maximum absolute atomic E-state index is 12.5. The van der Waals surface area contributed by atoms with Crippen molar-refractivity contribution in [3.8, 4) is 0 Å². The zero-order chi connectivity index (χ0) is 15.7. The summed E-state index contributed by atoms with van der Waals surface area (Å²) in [4.78, 5) is 24.1. The highest BCUT2D eigenvalue weighted by Crippen LogP contribution is 2.50. The molecule has 2 aliphatic carbocycles. The summed E-state index contributed by atoms with van der Waals surface area (Å²) in [7, 11) is 0. The normalized spacial score (nSPS) is 26.2. The van der Waals surface area contributed by atoms with Crippen LogP contribution in [0.4, 0.5) is 0 Å². The van der Waals surface area contributed by atoms with E-state index in [1.165, 1.54) is 0 Å². The standard InChI is InChI=1S/C17H20ClNO3/c18-14-7-3-2-6-11(14)12-10-13(12)15(20)19-17(16(21)22)8-4-1-5-9-17/h2-3,6-7,12-13H,1,4-5,8-10H2,(H,19,20)(H,21,22). The first kappa shape index (κ1) is 15.3. The van der Waals surface area contributed by atoms with Crippen molar-refractivity contribution in [2.24, 2.45) is 5.92 Å². The van der Waals surface area contributed by atoms with Crippen LogP contribution in [0, 0.1) is 5.92 Å². The van der Waals surface area contributed by atoms with Crippen molar-refractivity contribution < 1.29 is 14.7 Å². The highest BCUT2D eigenvalue weighted by atomic mass is 35.5. The van der Waals surface area contributed by atoms with Crippen molar-refractivity contribution in [3.63, 3.8) is 0 Å². The number of carbonyl (C=O) groups is 2. The van der Waals surface area contributed by atoms with Gasteiger partial charge in [0.1, 0.15) is 5.54 Å². The van der Waals surface area contributed by atoms with E-state index < -0.39 is 11.5 Å². The molecule has 0 radical (unpaired) electrons. The van der Waals surface area contributed by atoms with Crippen LogP contribution in [0.5, 0.6) is 0 Å². The molecule has 0 aliphatic heterocycles. The Bertz CT molecular complexity index is 595. The molecule has 3 rings (SSSR count). The summed E-state index contributed by atoms with van der Waals surface area (Å²) in [6.07, 6.45) is 4.54. The van der Waals surface area contributed by atoms with Crippen LogP contribution in [-0.2, 0) is 9.59 Å². The number of aliphatic carboxylic acids is 1. The van der Waals surface area contributed by atoms with Crippen LogP contribution in [0.15, 0.2) is 24.3 Å². The van der Waals surface area contributed by atoms with Crippen LogP contribution in [-0.4, -0.2) is 22.5 Å². The molecule has 0 bridgehead atoms. The number of hydrogen-bond donors (Lipinski definition) is 2. The number of carbonyl (C=O) groups excluding carboxylic acids is 1. The second-order valence-electron chi connectivity index (χ2n) is 6.41. The zero-order valence-corrected chi connectivity index (χ0v) is 13.1. The molecule has 2 N–H and O–H groups in total.